The van der Waals surface area contributed by atoms with Crippen LogP contribution in [0.1, 0.15) is 36.2 Å². The minimum atomic E-state index is -1.10. The summed E-state index contributed by atoms with van der Waals surface area (Å²) in [5.74, 6) is -1.36. The van der Waals surface area contributed by atoms with Crippen LogP contribution in [0.15, 0.2) is 18.2 Å². The maximum Gasteiger partial charge on any atom is 0.322 e. The number of carbonyl (C=O) groups excluding carboxylic acids is 2. The quantitative estimate of drug-likeness (QED) is 0.745. The van der Waals surface area contributed by atoms with Crippen LogP contribution in [0.25, 0.3) is 0 Å². The minimum absolute atomic E-state index is 0.0730. The van der Waals surface area contributed by atoms with E-state index in [1.165, 1.54) is 0 Å². The predicted octanol–water partition coefficient (Wildman–Crippen LogP) is 1.79. The lowest BCUT2D eigenvalue weighted by Gasteiger charge is -2.11. The van der Waals surface area contributed by atoms with Gasteiger partial charge < -0.3 is 15.7 Å². The van der Waals surface area contributed by atoms with Gasteiger partial charge in [-0.05, 0) is 36.6 Å². The molecule has 0 spiro atoms. The van der Waals surface area contributed by atoms with Crippen LogP contribution in [0.4, 0.5) is 5.69 Å². The minimum Gasteiger partial charge on any atom is -0.480 e. The molecule has 0 heterocycles. The highest BCUT2D eigenvalue weighted by atomic mass is 16.4. The van der Waals surface area contributed by atoms with Crippen molar-refractivity contribution in [3.05, 3.63) is 29.3 Å². The highest BCUT2D eigenvalue weighted by molar-refractivity contribution is 5.97. The second-order valence-electron chi connectivity index (χ2n) is 5.25. The molecule has 1 aromatic rings. The van der Waals surface area contributed by atoms with Gasteiger partial charge in [-0.1, -0.05) is 13.8 Å². The Kier molecular flexibility index (Phi) is 5.90. The molecule has 0 radical (unpaired) electrons. The van der Waals surface area contributed by atoms with Gasteiger partial charge in [0.25, 0.3) is 5.91 Å². The summed E-state index contributed by atoms with van der Waals surface area (Å²) in [5, 5.41) is 13.6. The smallest absolute Gasteiger partial charge is 0.322 e. The largest absolute Gasteiger partial charge is 0.480 e. The Morgan fingerprint density at radius 3 is 2.43 bits per heavy atom. The third-order valence-corrected chi connectivity index (χ3v) is 2.76. The van der Waals surface area contributed by atoms with E-state index in [1.807, 2.05) is 13.8 Å². The first-order valence-electron chi connectivity index (χ1n) is 6.70. The highest BCUT2D eigenvalue weighted by Crippen LogP contribution is 2.17. The normalized spacial score (nSPS) is 10.3. The molecule has 21 heavy (non-hydrogen) atoms. The monoisotopic (exact) mass is 292 g/mol. The zero-order chi connectivity index (χ0) is 16.0. The van der Waals surface area contributed by atoms with Crippen molar-refractivity contribution in [2.45, 2.75) is 27.2 Å². The molecule has 0 aliphatic carbocycles. The number of carboxylic acids is 1. The van der Waals surface area contributed by atoms with Crippen LogP contribution in [0.5, 0.6) is 0 Å². The summed E-state index contributed by atoms with van der Waals surface area (Å²) < 4.78 is 0. The number of benzene rings is 1. The van der Waals surface area contributed by atoms with Gasteiger partial charge in [0, 0.05) is 17.7 Å². The maximum atomic E-state index is 11.7. The molecule has 0 fully saturated rings. The number of hydrogen-bond donors (Lipinski definition) is 3. The Hall–Kier alpha value is -2.37. The van der Waals surface area contributed by atoms with E-state index in [0.717, 1.165) is 5.56 Å². The molecular formula is C15H20N2O4. The molecule has 114 valence electrons. The molecule has 6 nitrogen and oxygen atoms in total. The number of aliphatic carboxylic acids is 1. The second kappa shape index (κ2) is 7.42. The van der Waals surface area contributed by atoms with E-state index in [2.05, 4.69) is 10.6 Å². The molecule has 0 aliphatic heterocycles. The van der Waals surface area contributed by atoms with Crippen LogP contribution in [-0.2, 0) is 9.59 Å². The molecule has 1 aromatic carbocycles. The first-order chi connectivity index (χ1) is 9.79. The number of rotatable bonds is 6. The summed E-state index contributed by atoms with van der Waals surface area (Å²) >= 11 is 0. The van der Waals surface area contributed by atoms with Crippen LogP contribution < -0.4 is 10.6 Å². The molecule has 0 atom stereocenters. The van der Waals surface area contributed by atoms with Crippen molar-refractivity contribution in [2.75, 3.05) is 11.9 Å². The Balaban J connectivity index is 2.73. The third kappa shape index (κ3) is 5.64. The third-order valence-electron chi connectivity index (χ3n) is 2.76. The average Bonchev–Trinajstić information content (AvgIpc) is 2.37. The molecule has 2 amide bonds. The van der Waals surface area contributed by atoms with E-state index in [9.17, 15) is 14.4 Å². The first-order valence-corrected chi connectivity index (χ1v) is 6.70. The summed E-state index contributed by atoms with van der Waals surface area (Å²) in [6.07, 6.45) is 0.431. The van der Waals surface area contributed by atoms with E-state index in [0.29, 0.717) is 17.7 Å². The van der Waals surface area contributed by atoms with E-state index in [1.54, 1.807) is 25.1 Å². The molecule has 3 N–H and O–H groups in total. The number of amides is 2. The SMILES string of the molecule is Cc1cc(C(=O)NCC(=O)O)ccc1NC(=O)CC(C)C. The second-order valence-corrected chi connectivity index (χ2v) is 5.25. The standard InChI is InChI=1S/C15H20N2O4/c1-9(2)6-13(18)17-12-5-4-11(7-10(12)3)15(21)16-8-14(19)20/h4-5,7,9H,6,8H2,1-3H3,(H,16,21)(H,17,18)(H,19,20). The molecule has 6 heteroatoms. The van der Waals surface area contributed by atoms with Crippen LogP contribution in [0.3, 0.4) is 0 Å². The van der Waals surface area contributed by atoms with Crippen LogP contribution in [0.2, 0.25) is 0 Å². The number of hydrogen-bond acceptors (Lipinski definition) is 3. The molecule has 0 aromatic heterocycles. The zero-order valence-electron chi connectivity index (χ0n) is 12.4. The van der Waals surface area contributed by atoms with Crippen molar-refractivity contribution in [1.82, 2.24) is 5.32 Å². The predicted molar refractivity (Wildman–Crippen MR) is 79.2 cm³/mol. The van der Waals surface area contributed by atoms with Gasteiger partial charge in [-0.15, -0.1) is 0 Å². The lowest BCUT2D eigenvalue weighted by atomic mass is 10.1. The van der Waals surface area contributed by atoms with Crippen LogP contribution in [-0.4, -0.2) is 29.4 Å². The fraction of sp³-hybridized carbons (Fsp3) is 0.400. The van der Waals surface area contributed by atoms with Crippen molar-refractivity contribution in [3.63, 3.8) is 0 Å². The summed E-state index contributed by atoms with van der Waals surface area (Å²) in [7, 11) is 0. The maximum absolute atomic E-state index is 11.7. The molecule has 0 bridgehead atoms. The summed E-state index contributed by atoms with van der Waals surface area (Å²) in [6.45, 7) is 5.27. The lowest BCUT2D eigenvalue weighted by molar-refractivity contribution is -0.135. The van der Waals surface area contributed by atoms with E-state index in [-0.39, 0.29) is 11.8 Å². The number of carbonyl (C=O) groups is 3. The summed E-state index contributed by atoms with van der Waals surface area (Å²) in [4.78, 5) is 33.8. The highest BCUT2D eigenvalue weighted by Gasteiger charge is 2.11. The van der Waals surface area contributed by atoms with Crippen molar-refractivity contribution in [3.8, 4) is 0 Å². The Bertz CT molecular complexity index is 553. The van der Waals surface area contributed by atoms with E-state index >= 15 is 0 Å². The van der Waals surface area contributed by atoms with Gasteiger partial charge in [-0.25, -0.2) is 0 Å². The molecule has 0 saturated heterocycles. The van der Waals surface area contributed by atoms with Gasteiger partial charge in [0.05, 0.1) is 0 Å². The van der Waals surface area contributed by atoms with Crippen molar-refractivity contribution in [2.24, 2.45) is 5.92 Å². The number of nitrogens with one attached hydrogen (secondary N) is 2. The van der Waals surface area contributed by atoms with Gasteiger partial charge in [0.2, 0.25) is 5.91 Å². The topological polar surface area (TPSA) is 95.5 Å². The van der Waals surface area contributed by atoms with Crippen molar-refractivity contribution in [1.29, 1.82) is 0 Å². The fourth-order valence-corrected chi connectivity index (χ4v) is 1.78. The van der Waals surface area contributed by atoms with Crippen molar-refractivity contribution >= 4 is 23.5 Å². The Morgan fingerprint density at radius 2 is 1.90 bits per heavy atom. The number of anilines is 1. The molecular weight excluding hydrogens is 272 g/mol. The Labute approximate surface area is 123 Å². The summed E-state index contributed by atoms with van der Waals surface area (Å²) in [5.41, 5.74) is 1.75. The number of carboxylic acid groups (broad SMARTS) is 1. The van der Waals surface area contributed by atoms with Gasteiger partial charge in [0.15, 0.2) is 0 Å². The molecule has 0 saturated carbocycles. The van der Waals surface area contributed by atoms with Crippen LogP contribution >= 0.6 is 0 Å². The van der Waals surface area contributed by atoms with Crippen LogP contribution in [0, 0.1) is 12.8 Å². The van der Waals surface area contributed by atoms with Crippen molar-refractivity contribution < 1.29 is 19.5 Å². The Morgan fingerprint density at radius 1 is 1.24 bits per heavy atom. The lowest BCUT2D eigenvalue weighted by Crippen LogP contribution is -2.29. The fourth-order valence-electron chi connectivity index (χ4n) is 1.78. The summed E-state index contributed by atoms with van der Waals surface area (Å²) in [6, 6.07) is 4.81. The van der Waals surface area contributed by atoms with E-state index < -0.39 is 18.4 Å². The number of aryl methyl sites for hydroxylation is 1. The van der Waals surface area contributed by atoms with E-state index in [4.69, 9.17) is 5.11 Å². The van der Waals surface area contributed by atoms with Gasteiger partial charge in [0.1, 0.15) is 6.54 Å². The zero-order valence-corrected chi connectivity index (χ0v) is 12.4. The molecule has 0 unspecified atom stereocenters. The molecule has 1 rings (SSSR count). The molecule has 0 aliphatic rings. The first kappa shape index (κ1) is 16.7. The van der Waals surface area contributed by atoms with Gasteiger partial charge in [-0.3, -0.25) is 14.4 Å². The van der Waals surface area contributed by atoms with Gasteiger partial charge >= 0.3 is 5.97 Å². The van der Waals surface area contributed by atoms with Gasteiger partial charge in [-0.2, -0.15) is 0 Å². The average molecular weight is 292 g/mol.